The molecule has 0 bridgehead atoms. The number of benzene rings is 1. The fourth-order valence-corrected chi connectivity index (χ4v) is 3.14. The van der Waals surface area contributed by atoms with Crippen molar-refractivity contribution in [3.8, 4) is 11.3 Å². The van der Waals surface area contributed by atoms with E-state index in [1.165, 1.54) is 12.3 Å². The molecule has 2 N–H and O–H groups in total. The van der Waals surface area contributed by atoms with Crippen LogP contribution in [0.25, 0.3) is 16.9 Å². The largest absolute Gasteiger partial charge is 0.477 e. The molecular formula is C20H16ClN5O2. The molecule has 0 radical (unpaired) electrons. The van der Waals surface area contributed by atoms with Gasteiger partial charge in [0.1, 0.15) is 11.5 Å². The van der Waals surface area contributed by atoms with Crippen molar-refractivity contribution in [2.24, 2.45) is 0 Å². The number of aryl methyl sites for hydroxylation is 1. The summed E-state index contributed by atoms with van der Waals surface area (Å²) in [5.74, 6) is -0.327. The minimum absolute atomic E-state index is 0.0125. The molecule has 0 unspecified atom stereocenters. The van der Waals surface area contributed by atoms with Crippen LogP contribution < -0.4 is 5.32 Å². The van der Waals surface area contributed by atoms with Gasteiger partial charge in [0.15, 0.2) is 5.65 Å². The van der Waals surface area contributed by atoms with Gasteiger partial charge in [-0.25, -0.2) is 14.8 Å². The van der Waals surface area contributed by atoms with Gasteiger partial charge < -0.3 is 10.4 Å². The number of pyridine rings is 1. The molecule has 7 nitrogen and oxygen atoms in total. The summed E-state index contributed by atoms with van der Waals surface area (Å²) >= 11 is 6.33. The van der Waals surface area contributed by atoms with Gasteiger partial charge in [0, 0.05) is 35.5 Å². The van der Waals surface area contributed by atoms with Crippen molar-refractivity contribution in [3.63, 3.8) is 0 Å². The number of hydrogen-bond acceptors (Lipinski definition) is 5. The lowest BCUT2D eigenvalue weighted by Gasteiger charge is -2.12. The van der Waals surface area contributed by atoms with E-state index in [1.807, 2.05) is 31.2 Å². The third-order valence-electron chi connectivity index (χ3n) is 4.31. The van der Waals surface area contributed by atoms with Gasteiger partial charge in [-0.05, 0) is 36.2 Å². The number of aromatic nitrogens is 4. The zero-order chi connectivity index (χ0) is 19.7. The van der Waals surface area contributed by atoms with Gasteiger partial charge in [0.25, 0.3) is 0 Å². The van der Waals surface area contributed by atoms with Crippen LogP contribution in [-0.2, 0) is 6.54 Å². The van der Waals surface area contributed by atoms with Crippen LogP contribution in [0.15, 0.2) is 54.9 Å². The number of halogens is 1. The van der Waals surface area contributed by atoms with Crippen LogP contribution >= 0.6 is 11.6 Å². The Morgan fingerprint density at radius 2 is 2.07 bits per heavy atom. The predicted octanol–water partition coefficient (Wildman–Crippen LogP) is 4.06. The van der Waals surface area contributed by atoms with E-state index in [0.29, 0.717) is 28.5 Å². The van der Waals surface area contributed by atoms with E-state index in [4.69, 9.17) is 16.7 Å². The maximum Gasteiger partial charge on any atom is 0.354 e. The average molecular weight is 394 g/mol. The van der Waals surface area contributed by atoms with E-state index >= 15 is 0 Å². The van der Waals surface area contributed by atoms with Crippen molar-refractivity contribution in [2.45, 2.75) is 13.5 Å². The first-order chi connectivity index (χ1) is 13.5. The highest BCUT2D eigenvalue weighted by Crippen LogP contribution is 2.24. The van der Waals surface area contributed by atoms with Crippen LogP contribution in [0.3, 0.4) is 0 Å². The molecule has 0 aliphatic rings. The summed E-state index contributed by atoms with van der Waals surface area (Å²) in [6, 6.07) is 12.7. The normalized spacial score (nSPS) is 10.9. The minimum atomic E-state index is -1.07. The third-order valence-corrected chi connectivity index (χ3v) is 4.66. The lowest BCUT2D eigenvalue weighted by molar-refractivity contribution is 0.0690. The van der Waals surface area contributed by atoms with Crippen LogP contribution in [0.2, 0.25) is 5.02 Å². The molecule has 0 aliphatic carbocycles. The smallest absolute Gasteiger partial charge is 0.354 e. The van der Waals surface area contributed by atoms with Crippen molar-refractivity contribution >= 4 is 29.0 Å². The van der Waals surface area contributed by atoms with Gasteiger partial charge >= 0.3 is 5.97 Å². The van der Waals surface area contributed by atoms with E-state index in [-0.39, 0.29) is 5.69 Å². The molecule has 0 atom stereocenters. The fourth-order valence-electron chi connectivity index (χ4n) is 2.84. The van der Waals surface area contributed by atoms with Crippen LogP contribution in [0.4, 0.5) is 5.82 Å². The van der Waals surface area contributed by atoms with Crippen LogP contribution in [0.1, 0.15) is 21.6 Å². The molecule has 0 aliphatic heterocycles. The summed E-state index contributed by atoms with van der Waals surface area (Å²) in [5, 5.41) is 17.4. The number of aromatic carboxylic acids is 1. The molecule has 3 heterocycles. The number of nitrogens with zero attached hydrogens (tertiary/aromatic N) is 4. The summed E-state index contributed by atoms with van der Waals surface area (Å²) < 4.78 is 1.70. The zero-order valence-corrected chi connectivity index (χ0v) is 15.7. The summed E-state index contributed by atoms with van der Waals surface area (Å²) in [5.41, 5.74) is 4.10. The first kappa shape index (κ1) is 17.9. The molecule has 1 aromatic carbocycles. The molecule has 140 valence electrons. The predicted molar refractivity (Wildman–Crippen MR) is 107 cm³/mol. The monoisotopic (exact) mass is 393 g/mol. The van der Waals surface area contributed by atoms with Gasteiger partial charge in [-0.2, -0.15) is 9.61 Å². The Labute approximate surface area is 165 Å². The highest BCUT2D eigenvalue weighted by molar-refractivity contribution is 6.31. The van der Waals surface area contributed by atoms with Gasteiger partial charge in [0.2, 0.25) is 0 Å². The first-order valence-corrected chi connectivity index (χ1v) is 8.92. The van der Waals surface area contributed by atoms with Crippen molar-refractivity contribution in [1.29, 1.82) is 0 Å². The molecule has 4 aromatic rings. The molecule has 0 saturated heterocycles. The Bertz CT molecular complexity index is 1170. The zero-order valence-electron chi connectivity index (χ0n) is 14.9. The van der Waals surface area contributed by atoms with E-state index in [1.54, 1.807) is 22.8 Å². The second-order valence-electron chi connectivity index (χ2n) is 6.31. The molecule has 0 amide bonds. The van der Waals surface area contributed by atoms with E-state index in [2.05, 4.69) is 20.4 Å². The third kappa shape index (κ3) is 3.52. The second kappa shape index (κ2) is 7.28. The maximum absolute atomic E-state index is 11.0. The van der Waals surface area contributed by atoms with Crippen molar-refractivity contribution < 1.29 is 9.90 Å². The molecule has 28 heavy (non-hydrogen) atoms. The number of fused-ring (bicyclic) bond motifs is 1. The Morgan fingerprint density at radius 3 is 2.79 bits per heavy atom. The highest BCUT2D eigenvalue weighted by atomic mass is 35.5. The summed E-state index contributed by atoms with van der Waals surface area (Å²) in [4.78, 5) is 19.5. The molecule has 3 aromatic heterocycles. The number of rotatable bonds is 5. The fraction of sp³-hybridized carbons (Fsp3) is 0.100. The van der Waals surface area contributed by atoms with Crippen LogP contribution in [0, 0.1) is 6.92 Å². The number of carbonyl (C=O) groups is 1. The SMILES string of the molecule is Cc1ccc(CNc2cc(-c3ccc(C(=O)O)nc3)nc3ccnn23)c(Cl)c1. The minimum Gasteiger partial charge on any atom is -0.477 e. The van der Waals surface area contributed by atoms with Gasteiger partial charge in [-0.3, -0.25) is 0 Å². The molecule has 8 heteroatoms. The molecule has 0 fully saturated rings. The molecule has 0 saturated carbocycles. The van der Waals surface area contributed by atoms with Gasteiger partial charge in [0.05, 0.1) is 11.9 Å². The Balaban J connectivity index is 1.68. The lowest BCUT2D eigenvalue weighted by Crippen LogP contribution is -2.07. The van der Waals surface area contributed by atoms with E-state index in [9.17, 15) is 4.79 Å². The quantitative estimate of drug-likeness (QED) is 0.531. The molecule has 0 spiro atoms. The van der Waals surface area contributed by atoms with Crippen LogP contribution in [-0.4, -0.2) is 30.7 Å². The summed E-state index contributed by atoms with van der Waals surface area (Å²) in [7, 11) is 0. The number of carboxylic acid groups (broad SMARTS) is 1. The first-order valence-electron chi connectivity index (χ1n) is 8.55. The van der Waals surface area contributed by atoms with Crippen molar-refractivity contribution in [3.05, 3.63) is 76.7 Å². The number of carboxylic acids is 1. The van der Waals surface area contributed by atoms with Gasteiger partial charge in [-0.1, -0.05) is 23.7 Å². The lowest BCUT2D eigenvalue weighted by atomic mass is 10.1. The standard InChI is InChI=1S/C20H16ClN5O2/c1-12-2-3-13(15(21)8-12)10-23-19-9-17(25-18-6-7-24-26(18)19)14-4-5-16(20(27)28)22-11-14/h2-9,11,23H,10H2,1H3,(H,27,28). The van der Waals surface area contributed by atoms with Crippen molar-refractivity contribution in [1.82, 2.24) is 19.6 Å². The maximum atomic E-state index is 11.0. The summed E-state index contributed by atoms with van der Waals surface area (Å²) in [6.07, 6.45) is 3.17. The van der Waals surface area contributed by atoms with Crippen molar-refractivity contribution in [2.75, 3.05) is 5.32 Å². The number of nitrogens with one attached hydrogen (secondary N) is 1. The van der Waals surface area contributed by atoms with E-state index < -0.39 is 5.97 Å². The average Bonchev–Trinajstić information content (AvgIpc) is 3.16. The molecular weight excluding hydrogens is 378 g/mol. The Morgan fingerprint density at radius 1 is 1.21 bits per heavy atom. The topological polar surface area (TPSA) is 92.4 Å². The van der Waals surface area contributed by atoms with Gasteiger partial charge in [-0.15, -0.1) is 0 Å². The molecule has 4 rings (SSSR count). The van der Waals surface area contributed by atoms with E-state index in [0.717, 1.165) is 16.9 Å². The number of anilines is 1. The second-order valence-corrected chi connectivity index (χ2v) is 6.72. The highest BCUT2D eigenvalue weighted by Gasteiger charge is 2.11. The Kier molecular flexibility index (Phi) is 4.67. The van der Waals surface area contributed by atoms with Crippen LogP contribution in [0.5, 0.6) is 0 Å². The summed E-state index contributed by atoms with van der Waals surface area (Å²) in [6.45, 7) is 2.52. The number of hydrogen-bond donors (Lipinski definition) is 2. The Hall–Kier alpha value is -3.45.